The van der Waals surface area contributed by atoms with E-state index < -0.39 is 0 Å². The number of aromatic amines is 1. The van der Waals surface area contributed by atoms with E-state index in [1.807, 2.05) is 25.1 Å². The lowest BCUT2D eigenvalue weighted by Crippen LogP contribution is -2.05. The van der Waals surface area contributed by atoms with Gasteiger partial charge in [0.25, 0.3) is 5.56 Å². The van der Waals surface area contributed by atoms with Crippen LogP contribution in [0.2, 0.25) is 0 Å². The lowest BCUT2D eigenvalue weighted by molar-refractivity contribution is 1.26. The SMILES string of the molecule is Cc1cccc2c(=O)[nH]cc(Br)c12.Cl. The summed E-state index contributed by atoms with van der Waals surface area (Å²) in [5, 5.41) is 1.72. The Morgan fingerprint density at radius 1 is 1.36 bits per heavy atom. The van der Waals surface area contributed by atoms with Gasteiger partial charge >= 0.3 is 0 Å². The van der Waals surface area contributed by atoms with E-state index in [-0.39, 0.29) is 18.0 Å². The minimum Gasteiger partial charge on any atom is -0.327 e. The van der Waals surface area contributed by atoms with Gasteiger partial charge in [0.1, 0.15) is 0 Å². The van der Waals surface area contributed by atoms with Crippen LogP contribution in [0.3, 0.4) is 0 Å². The number of hydrogen-bond acceptors (Lipinski definition) is 1. The minimum atomic E-state index is -0.0399. The monoisotopic (exact) mass is 273 g/mol. The normalized spacial score (nSPS) is 9.86. The first-order valence-electron chi connectivity index (χ1n) is 3.96. The zero-order valence-corrected chi connectivity index (χ0v) is 9.91. The summed E-state index contributed by atoms with van der Waals surface area (Å²) in [5.74, 6) is 0. The molecule has 1 aromatic heterocycles. The summed E-state index contributed by atoms with van der Waals surface area (Å²) in [6.45, 7) is 1.99. The van der Waals surface area contributed by atoms with E-state index in [0.29, 0.717) is 0 Å². The lowest BCUT2D eigenvalue weighted by atomic mass is 10.1. The average molecular weight is 275 g/mol. The van der Waals surface area contributed by atoms with Gasteiger partial charge in [0.05, 0.1) is 0 Å². The molecule has 0 aliphatic rings. The minimum absolute atomic E-state index is 0. The second-order valence-electron chi connectivity index (χ2n) is 2.96. The van der Waals surface area contributed by atoms with Crippen LogP contribution in [-0.2, 0) is 0 Å². The van der Waals surface area contributed by atoms with Crippen molar-refractivity contribution >= 4 is 39.1 Å². The Labute approximate surface area is 95.9 Å². The van der Waals surface area contributed by atoms with Gasteiger partial charge in [0, 0.05) is 21.4 Å². The lowest BCUT2D eigenvalue weighted by Gasteiger charge is -2.02. The van der Waals surface area contributed by atoms with Crippen LogP contribution < -0.4 is 5.56 Å². The predicted molar refractivity (Wildman–Crippen MR) is 64.3 cm³/mol. The van der Waals surface area contributed by atoms with Crippen molar-refractivity contribution < 1.29 is 0 Å². The van der Waals surface area contributed by atoms with Gasteiger partial charge < -0.3 is 4.98 Å². The van der Waals surface area contributed by atoms with Crippen molar-refractivity contribution in [1.82, 2.24) is 4.98 Å². The number of aromatic nitrogens is 1. The first-order chi connectivity index (χ1) is 6.20. The highest BCUT2D eigenvalue weighted by Gasteiger charge is 2.03. The molecule has 4 heteroatoms. The summed E-state index contributed by atoms with van der Waals surface area (Å²) in [7, 11) is 0. The van der Waals surface area contributed by atoms with Crippen LogP contribution in [0.1, 0.15) is 5.56 Å². The molecule has 2 rings (SSSR count). The Morgan fingerprint density at radius 2 is 2.07 bits per heavy atom. The van der Waals surface area contributed by atoms with Crippen molar-refractivity contribution in [2.24, 2.45) is 0 Å². The maximum absolute atomic E-state index is 11.4. The van der Waals surface area contributed by atoms with Gasteiger partial charge in [0.2, 0.25) is 0 Å². The average Bonchev–Trinajstić information content (AvgIpc) is 2.12. The molecule has 0 amide bonds. The molecule has 0 saturated heterocycles. The van der Waals surface area contributed by atoms with Crippen LogP contribution in [-0.4, -0.2) is 4.98 Å². The highest BCUT2D eigenvalue weighted by molar-refractivity contribution is 9.10. The van der Waals surface area contributed by atoms with Crippen molar-refractivity contribution in [1.29, 1.82) is 0 Å². The van der Waals surface area contributed by atoms with Gasteiger partial charge in [-0.15, -0.1) is 12.4 Å². The van der Waals surface area contributed by atoms with E-state index in [1.54, 1.807) is 6.20 Å². The van der Waals surface area contributed by atoms with Crippen LogP contribution in [0.15, 0.2) is 33.7 Å². The molecular weight excluding hydrogens is 265 g/mol. The molecule has 0 unspecified atom stereocenters. The third kappa shape index (κ3) is 1.70. The van der Waals surface area contributed by atoms with Crippen molar-refractivity contribution in [2.45, 2.75) is 6.92 Å². The van der Waals surface area contributed by atoms with E-state index >= 15 is 0 Å². The third-order valence-electron chi connectivity index (χ3n) is 2.09. The molecule has 0 fully saturated rings. The molecule has 2 nitrogen and oxygen atoms in total. The fraction of sp³-hybridized carbons (Fsp3) is 0.100. The maximum atomic E-state index is 11.4. The first-order valence-corrected chi connectivity index (χ1v) is 4.76. The molecule has 2 aromatic rings. The topological polar surface area (TPSA) is 32.9 Å². The van der Waals surface area contributed by atoms with Crippen LogP contribution >= 0.6 is 28.3 Å². The number of pyridine rings is 1. The Bertz CT molecular complexity index is 513. The van der Waals surface area contributed by atoms with Crippen LogP contribution in [0.5, 0.6) is 0 Å². The number of halogens is 2. The number of benzene rings is 1. The molecule has 0 aliphatic heterocycles. The van der Waals surface area contributed by atoms with Crippen molar-refractivity contribution in [3.63, 3.8) is 0 Å². The maximum Gasteiger partial charge on any atom is 0.255 e. The Kier molecular flexibility index (Phi) is 3.34. The highest BCUT2D eigenvalue weighted by Crippen LogP contribution is 2.23. The molecule has 0 aliphatic carbocycles. The van der Waals surface area contributed by atoms with Gasteiger partial charge in [0.15, 0.2) is 0 Å². The molecule has 0 atom stereocenters. The number of nitrogens with one attached hydrogen (secondary N) is 1. The molecule has 1 aromatic carbocycles. The van der Waals surface area contributed by atoms with Gasteiger partial charge in [-0.25, -0.2) is 0 Å². The van der Waals surface area contributed by atoms with Crippen molar-refractivity contribution in [3.8, 4) is 0 Å². The number of rotatable bonds is 0. The van der Waals surface area contributed by atoms with E-state index in [4.69, 9.17) is 0 Å². The second-order valence-corrected chi connectivity index (χ2v) is 3.82. The summed E-state index contributed by atoms with van der Waals surface area (Å²) >= 11 is 3.41. The third-order valence-corrected chi connectivity index (χ3v) is 2.71. The summed E-state index contributed by atoms with van der Waals surface area (Å²) in [6, 6.07) is 5.71. The van der Waals surface area contributed by atoms with Crippen molar-refractivity contribution in [3.05, 3.63) is 44.8 Å². The Hall–Kier alpha value is -0.800. The van der Waals surface area contributed by atoms with Gasteiger partial charge in [-0.3, -0.25) is 4.79 Å². The zero-order chi connectivity index (χ0) is 9.42. The molecule has 0 saturated carbocycles. The number of H-pyrrole nitrogens is 1. The Balaban J connectivity index is 0.000000980. The number of aryl methyl sites for hydroxylation is 1. The zero-order valence-electron chi connectivity index (χ0n) is 7.50. The van der Waals surface area contributed by atoms with Crippen LogP contribution in [0, 0.1) is 6.92 Å². The van der Waals surface area contributed by atoms with E-state index in [2.05, 4.69) is 20.9 Å². The summed E-state index contributed by atoms with van der Waals surface area (Å²) in [5.41, 5.74) is 1.07. The molecule has 0 spiro atoms. The van der Waals surface area contributed by atoms with Crippen molar-refractivity contribution in [2.75, 3.05) is 0 Å². The van der Waals surface area contributed by atoms with Gasteiger partial charge in [-0.1, -0.05) is 12.1 Å². The molecule has 1 heterocycles. The molecule has 0 bridgehead atoms. The van der Waals surface area contributed by atoms with E-state index in [0.717, 1.165) is 20.8 Å². The smallest absolute Gasteiger partial charge is 0.255 e. The summed E-state index contributed by atoms with van der Waals surface area (Å²) in [6.07, 6.45) is 1.68. The first kappa shape index (κ1) is 11.3. The highest BCUT2D eigenvalue weighted by atomic mass is 79.9. The molecule has 14 heavy (non-hydrogen) atoms. The molecule has 1 N–H and O–H groups in total. The predicted octanol–water partition coefficient (Wildman–Crippen LogP) is 3.02. The largest absolute Gasteiger partial charge is 0.327 e. The van der Waals surface area contributed by atoms with Gasteiger partial charge in [-0.2, -0.15) is 0 Å². The van der Waals surface area contributed by atoms with Gasteiger partial charge in [-0.05, 0) is 34.5 Å². The molecular formula is C10H9BrClNO. The Morgan fingerprint density at radius 3 is 2.71 bits per heavy atom. The van der Waals surface area contributed by atoms with Crippen LogP contribution in [0.4, 0.5) is 0 Å². The number of hydrogen-bond donors (Lipinski definition) is 1. The standard InChI is InChI=1S/C10H8BrNO.ClH/c1-6-3-2-4-7-9(6)8(11)5-12-10(7)13;/h2-5H,1H3,(H,12,13);1H. The van der Waals surface area contributed by atoms with Crippen LogP contribution in [0.25, 0.3) is 10.8 Å². The second kappa shape index (κ2) is 4.15. The number of fused-ring (bicyclic) bond motifs is 1. The fourth-order valence-corrected chi connectivity index (χ4v) is 2.09. The summed E-state index contributed by atoms with van der Waals surface area (Å²) < 4.78 is 0.931. The van der Waals surface area contributed by atoms with E-state index in [9.17, 15) is 4.79 Å². The summed E-state index contributed by atoms with van der Waals surface area (Å²) in [4.78, 5) is 14.1. The molecule has 0 radical (unpaired) electrons. The molecule has 74 valence electrons. The van der Waals surface area contributed by atoms with E-state index in [1.165, 1.54) is 0 Å². The fourth-order valence-electron chi connectivity index (χ4n) is 1.45. The quantitative estimate of drug-likeness (QED) is 0.787.